The number of nitrogens with one attached hydrogen (secondary N) is 1. The van der Waals surface area contributed by atoms with E-state index in [1.54, 1.807) is 18.2 Å². The molecule has 0 spiro atoms. The van der Waals surface area contributed by atoms with Crippen LogP contribution in [0.1, 0.15) is 36.1 Å². The first-order chi connectivity index (χ1) is 13.9. The van der Waals surface area contributed by atoms with Crippen molar-refractivity contribution in [2.75, 3.05) is 22.9 Å². The Hall–Kier alpha value is -3.35. The fourth-order valence-corrected chi connectivity index (χ4v) is 3.60. The Morgan fingerprint density at radius 3 is 2.45 bits per heavy atom. The van der Waals surface area contributed by atoms with Gasteiger partial charge in [0.2, 0.25) is 0 Å². The van der Waals surface area contributed by atoms with Crippen LogP contribution in [0.2, 0.25) is 0 Å². The molecule has 7 nitrogen and oxygen atoms in total. The first kappa shape index (κ1) is 19.0. The third-order valence-corrected chi connectivity index (χ3v) is 5.42. The SMILES string of the molecule is Cc1ccc(N2C(=O)NC(=O)C(=Cc3ccc(N4CCCCC4)o3)C2=O)cc1C. The Morgan fingerprint density at radius 2 is 1.72 bits per heavy atom. The van der Waals surface area contributed by atoms with Crippen molar-refractivity contribution in [1.82, 2.24) is 5.32 Å². The van der Waals surface area contributed by atoms with Crippen LogP contribution < -0.4 is 15.1 Å². The molecule has 150 valence electrons. The first-order valence-electron chi connectivity index (χ1n) is 9.77. The third kappa shape index (κ3) is 3.68. The number of nitrogens with zero attached hydrogens (tertiary/aromatic N) is 2. The molecule has 0 atom stereocenters. The van der Waals surface area contributed by atoms with Gasteiger partial charge in [0.1, 0.15) is 11.3 Å². The highest BCUT2D eigenvalue weighted by Crippen LogP contribution is 2.27. The number of barbiturate groups is 1. The van der Waals surface area contributed by atoms with Crippen LogP contribution in [-0.2, 0) is 9.59 Å². The van der Waals surface area contributed by atoms with Crippen LogP contribution >= 0.6 is 0 Å². The van der Waals surface area contributed by atoms with E-state index in [2.05, 4.69) is 10.2 Å². The summed E-state index contributed by atoms with van der Waals surface area (Å²) < 4.78 is 5.84. The van der Waals surface area contributed by atoms with Gasteiger partial charge in [0, 0.05) is 19.2 Å². The van der Waals surface area contributed by atoms with Gasteiger partial charge < -0.3 is 9.32 Å². The molecule has 4 amide bonds. The average molecular weight is 393 g/mol. The standard InChI is InChI=1S/C22H23N3O4/c1-14-6-7-16(12-15(14)2)25-21(27)18(20(26)23-22(25)28)13-17-8-9-19(29-17)24-10-4-3-5-11-24/h6-9,12-13H,3-5,10-11H2,1-2H3,(H,23,26,28). The summed E-state index contributed by atoms with van der Waals surface area (Å²) in [5, 5.41) is 2.24. The molecule has 7 heteroatoms. The topological polar surface area (TPSA) is 82.9 Å². The van der Waals surface area contributed by atoms with Crippen LogP contribution in [0.4, 0.5) is 16.4 Å². The van der Waals surface area contributed by atoms with Crippen LogP contribution in [0, 0.1) is 13.8 Å². The number of carbonyl (C=O) groups excluding carboxylic acids is 3. The molecule has 2 aromatic rings. The number of aryl methyl sites for hydroxylation is 2. The number of piperidine rings is 1. The molecule has 2 aliphatic heterocycles. The van der Waals surface area contributed by atoms with Crippen molar-refractivity contribution in [2.45, 2.75) is 33.1 Å². The van der Waals surface area contributed by atoms with Gasteiger partial charge in [0.15, 0.2) is 5.88 Å². The summed E-state index contributed by atoms with van der Waals surface area (Å²) in [6.45, 7) is 5.71. The van der Waals surface area contributed by atoms with E-state index < -0.39 is 17.8 Å². The van der Waals surface area contributed by atoms with E-state index >= 15 is 0 Å². The molecule has 1 aromatic carbocycles. The Kier molecular flexibility index (Phi) is 4.96. The van der Waals surface area contributed by atoms with Crippen LogP contribution in [0.15, 0.2) is 40.3 Å². The summed E-state index contributed by atoms with van der Waals surface area (Å²) >= 11 is 0. The highest BCUT2D eigenvalue weighted by molar-refractivity contribution is 6.39. The lowest BCUT2D eigenvalue weighted by atomic mass is 10.1. The smallest absolute Gasteiger partial charge is 0.335 e. The second-order valence-corrected chi connectivity index (χ2v) is 7.45. The molecule has 0 aliphatic carbocycles. The van der Waals surface area contributed by atoms with Gasteiger partial charge in [-0.25, -0.2) is 9.69 Å². The molecule has 1 aromatic heterocycles. The number of urea groups is 1. The quantitative estimate of drug-likeness (QED) is 0.637. The molecule has 4 rings (SSSR count). The van der Waals surface area contributed by atoms with E-state index in [1.807, 2.05) is 26.0 Å². The van der Waals surface area contributed by atoms with Crippen molar-refractivity contribution >= 4 is 35.5 Å². The molecule has 29 heavy (non-hydrogen) atoms. The fraction of sp³-hybridized carbons (Fsp3) is 0.318. The van der Waals surface area contributed by atoms with E-state index in [0.717, 1.165) is 47.8 Å². The van der Waals surface area contributed by atoms with Gasteiger partial charge in [0.25, 0.3) is 11.8 Å². The van der Waals surface area contributed by atoms with Gasteiger partial charge in [-0.05, 0) is 68.5 Å². The summed E-state index contributed by atoms with van der Waals surface area (Å²) in [6.07, 6.45) is 4.84. The van der Waals surface area contributed by atoms with Crippen molar-refractivity contribution in [3.63, 3.8) is 0 Å². The number of furan rings is 1. The lowest BCUT2D eigenvalue weighted by Crippen LogP contribution is -2.54. The van der Waals surface area contributed by atoms with E-state index in [0.29, 0.717) is 11.4 Å². The zero-order chi connectivity index (χ0) is 20.5. The molecule has 0 radical (unpaired) electrons. The lowest BCUT2D eigenvalue weighted by Gasteiger charge is -2.27. The monoisotopic (exact) mass is 393 g/mol. The predicted octanol–water partition coefficient (Wildman–Crippen LogP) is 3.55. The summed E-state index contributed by atoms with van der Waals surface area (Å²) in [5.41, 5.74) is 2.28. The molecular weight excluding hydrogens is 370 g/mol. The highest BCUT2D eigenvalue weighted by atomic mass is 16.4. The maximum absolute atomic E-state index is 13.0. The van der Waals surface area contributed by atoms with Gasteiger partial charge in [-0.2, -0.15) is 0 Å². The molecule has 1 N–H and O–H groups in total. The predicted molar refractivity (Wildman–Crippen MR) is 110 cm³/mol. The van der Waals surface area contributed by atoms with E-state index in [4.69, 9.17) is 4.42 Å². The van der Waals surface area contributed by atoms with Gasteiger partial charge in [-0.3, -0.25) is 14.9 Å². The number of anilines is 2. The van der Waals surface area contributed by atoms with Crippen LogP contribution in [0.5, 0.6) is 0 Å². The van der Waals surface area contributed by atoms with Gasteiger partial charge in [-0.15, -0.1) is 0 Å². The number of rotatable bonds is 3. The average Bonchev–Trinajstić information content (AvgIpc) is 3.17. The number of amides is 4. The van der Waals surface area contributed by atoms with Gasteiger partial charge in [0.05, 0.1) is 5.69 Å². The number of benzene rings is 1. The Morgan fingerprint density at radius 1 is 0.966 bits per heavy atom. The molecule has 0 unspecified atom stereocenters. The maximum Gasteiger partial charge on any atom is 0.335 e. The minimum absolute atomic E-state index is 0.137. The fourth-order valence-electron chi connectivity index (χ4n) is 3.60. The molecule has 3 heterocycles. The molecule has 2 fully saturated rings. The molecule has 0 saturated carbocycles. The van der Waals surface area contributed by atoms with E-state index in [1.165, 1.54) is 12.5 Å². The van der Waals surface area contributed by atoms with Crippen molar-refractivity contribution in [3.05, 3.63) is 52.8 Å². The molecule has 2 saturated heterocycles. The lowest BCUT2D eigenvalue weighted by molar-refractivity contribution is -0.122. The summed E-state index contributed by atoms with van der Waals surface area (Å²) in [4.78, 5) is 40.8. The van der Waals surface area contributed by atoms with Crippen molar-refractivity contribution in [1.29, 1.82) is 0 Å². The maximum atomic E-state index is 13.0. The van der Waals surface area contributed by atoms with Crippen molar-refractivity contribution in [3.8, 4) is 0 Å². The third-order valence-electron chi connectivity index (χ3n) is 5.42. The number of hydrogen-bond acceptors (Lipinski definition) is 5. The normalized spacial score (nSPS) is 19.1. The Labute approximate surface area is 169 Å². The number of hydrogen-bond donors (Lipinski definition) is 1. The van der Waals surface area contributed by atoms with Crippen molar-refractivity contribution in [2.24, 2.45) is 0 Å². The first-order valence-corrected chi connectivity index (χ1v) is 9.77. The zero-order valence-electron chi connectivity index (χ0n) is 16.5. The second kappa shape index (κ2) is 7.58. The Balaban J connectivity index is 1.63. The highest BCUT2D eigenvalue weighted by Gasteiger charge is 2.37. The Bertz CT molecular complexity index is 1010. The minimum Gasteiger partial charge on any atom is -0.441 e. The summed E-state index contributed by atoms with van der Waals surface area (Å²) in [7, 11) is 0. The molecular formula is C22H23N3O4. The van der Waals surface area contributed by atoms with Crippen molar-refractivity contribution < 1.29 is 18.8 Å². The largest absolute Gasteiger partial charge is 0.441 e. The molecule has 2 aliphatic rings. The van der Waals surface area contributed by atoms with E-state index in [9.17, 15) is 14.4 Å². The summed E-state index contributed by atoms with van der Waals surface area (Å²) in [5.74, 6) is -0.269. The second-order valence-electron chi connectivity index (χ2n) is 7.45. The minimum atomic E-state index is -0.756. The zero-order valence-corrected chi connectivity index (χ0v) is 16.5. The van der Waals surface area contributed by atoms with Gasteiger partial charge >= 0.3 is 6.03 Å². The molecule has 0 bridgehead atoms. The number of carbonyl (C=O) groups is 3. The number of imide groups is 2. The van der Waals surface area contributed by atoms with Crippen LogP contribution in [0.25, 0.3) is 6.08 Å². The van der Waals surface area contributed by atoms with Crippen LogP contribution in [0.3, 0.4) is 0 Å². The van der Waals surface area contributed by atoms with E-state index in [-0.39, 0.29) is 5.57 Å². The van der Waals surface area contributed by atoms with Crippen LogP contribution in [-0.4, -0.2) is 30.9 Å². The van der Waals surface area contributed by atoms with Gasteiger partial charge in [-0.1, -0.05) is 6.07 Å². The summed E-state index contributed by atoms with van der Waals surface area (Å²) in [6, 6.07) is 8.09.